The van der Waals surface area contributed by atoms with E-state index in [4.69, 9.17) is 11.6 Å². The maximum Gasteiger partial charge on any atom is 0.247 e. The van der Waals surface area contributed by atoms with E-state index in [1.807, 2.05) is 24.3 Å². The highest BCUT2D eigenvalue weighted by molar-refractivity contribution is 6.31. The van der Waals surface area contributed by atoms with Crippen LogP contribution in [0.2, 0.25) is 5.02 Å². The summed E-state index contributed by atoms with van der Waals surface area (Å²) < 4.78 is 0. The molecule has 0 atom stereocenters. The molecule has 2 heterocycles. The standard InChI is InChI=1S/C21H23ClN6/c1-16-5-4-7-18(13-16)27-9-11-28(12-10-27)21-25-20(15-24-26-21)23-14-17-6-2-3-8-19(17)22/h2-8,13,15H,9-12,14H2,1H3,(H,23,25,26). The predicted molar refractivity (Wildman–Crippen MR) is 114 cm³/mol. The highest BCUT2D eigenvalue weighted by Gasteiger charge is 2.20. The van der Waals surface area contributed by atoms with Gasteiger partial charge >= 0.3 is 0 Å². The number of nitrogens with one attached hydrogen (secondary N) is 1. The molecule has 144 valence electrons. The lowest BCUT2D eigenvalue weighted by molar-refractivity contribution is 0.635. The van der Waals surface area contributed by atoms with Gasteiger partial charge in [0.2, 0.25) is 5.95 Å². The lowest BCUT2D eigenvalue weighted by Crippen LogP contribution is -2.47. The predicted octanol–water partition coefficient (Wildman–Crippen LogP) is 3.77. The summed E-state index contributed by atoms with van der Waals surface area (Å²) in [6.45, 7) is 6.32. The van der Waals surface area contributed by atoms with Crippen LogP contribution < -0.4 is 15.1 Å². The van der Waals surface area contributed by atoms with E-state index in [0.29, 0.717) is 18.3 Å². The third-order valence-corrected chi connectivity index (χ3v) is 5.26. The van der Waals surface area contributed by atoms with Crippen LogP contribution in [0.25, 0.3) is 0 Å². The first-order valence-corrected chi connectivity index (χ1v) is 9.80. The first kappa shape index (κ1) is 18.5. The van der Waals surface area contributed by atoms with Crippen LogP contribution in [0, 0.1) is 6.92 Å². The molecule has 4 rings (SSSR count). The van der Waals surface area contributed by atoms with Crippen molar-refractivity contribution in [2.75, 3.05) is 41.3 Å². The maximum absolute atomic E-state index is 6.22. The van der Waals surface area contributed by atoms with Crippen molar-refractivity contribution in [1.82, 2.24) is 15.2 Å². The number of benzene rings is 2. The van der Waals surface area contributed by atoms with Crippen molar-refractivity contribution in [2.45, 2.75) is 13.5 Å². The second kappa shape index (κ2) is 8.44. The lowest BCUT2D eigenvalue weighted by atomic mass is 10.2. The zero-order chi connectivity index (χ0) is 19.3. The van der Waals surface area contributed by atoms with Gasteiger partial charge in [-0.15, -0.1) is 5.10 Å². The highest BCUT2D eigenvalue weighted by Crippen LogP contribution is 2.20. The molecule has 0 saturated carbocycles. The maximum atomic E-state index is 6.22. The minimum atomic E-state index is 0.596. The Morgan fingerprint density at radius 2 is 1.79 bits per heavy atom. The number of hydrogen-bond donors (Lipinski definition) is 1. The van der Waals surface area contributed by atoms with Gasteiger partial charge in [0, 0.05) is 43.4 Å². The van der Waals surface area contributed by atoms with Gasteiger partial charge in [0.15, 0.2) is 5.82 Å². The third-order valence-electron chi connectivity index (χ3n) is 4.89. The van der Waals surface area contributed by atoms with Crippen LogP contribution in [-0.4, -0.2) is 41.4 Å². The zero-order valence-electron chi connectivity index (χ0n) is 15.8. The van der Waals surface area contributed by atoms with Gasteiger partial charge < -0.3 is 15.1 Å². The van der Waals surface area contributed by atoms with E-state index < -0.39 is 0 Å². The third kappa shape index (κ3) is 4.34. The molecule has 1 aromatic heterocycles. The Hall–Kier alpha value is -2.86. The summed E-state index contributed by atoms with van der Waals surface area (Å²) in [6.07, 6.45) is 1.64. The number of piperazine rings is 1. The summed E-state index contributed by atoms with van der Waals surface area (Å²) in [5.41, 5.74) is 3.58. The van der Waals surface area contributed by atoms with Crippen LogP contribution in [0.15, 0.2) is 54.7 Å². The largest absolute Gasteiger partial charge is 0.368 e. The van der Waals surface area contributed by atoms with Crippen LogP contribution in [0.4, 0.5) is 17.5 Å². The van der Waals surface area contributed by atoms with Gasteiger partial charge in [0.1, 0.15) is 0 Å². The molecule has 28 heavy (non-hydrogen) atoms. The van der Waals surface area contributed by atoms with Crippen LogP contribution in [-0.2, 0) is 6.54 Å². The average molecular weight is 395 g/mol. The molecule has 0 aliphatic carbocycles. The molecule has 2 aromatic carbocycles. The Morgan fingerprint density at radius 1 is 1.00 bits per heavy atom. The monoisotopic (exact) mass is 394 g/mol. The normalized spacial score (nSPS) is 14.2. The summed E-state index contributed by atoms with van der Waals surface area (Å²) in [5.74, 6) is 1.36. The molecule has 1 aliphatic rings. The minimum Gasteiger partial charge on any atom is -0.368 e. The van der Waals surface area contributed by atoms with Gasteiger partial charge in [0.25, 0.3) is 0 Å². The fourth-order valence-corrected chi connectivity index (χ4v) is 3.53. The van der Waals surface area contributed by atoms with Crippen molar-refractivity contribution in [2.24, 2.45) is 0 Å². The minimum absolute atomic E-state index is 0.596. The molecule has 0 radical (unpaired) electrons. The van der Waals surface area contributed by atoms with Crippen LogP contribution in [0.5, 0.6) is 0 Å². The highest BCUT2D eigenvalue weighted by atomic mass is 35.5. The summed E-state index contributed by atoms with van der Waals surface area (Å²) >= 11 is 6.22. The van der Waals surface area contributed by atoms with Gasteiger partial charge in [-0.1, -0.05) is 41.9 Å². The number of rotatable bonds is 5. The fraction of sp³-hybridized carbons (Fsp3) is 0.286. The number of aromatic nitrogens is 3. The lowest BCUT2D eigenvalue weighted by Gasteiger charge is -2.36. The average Bonchev–Trinajstić information content (AvgIpc) is 2.73. The number of hydrogen-bond acceptors (Lipinski definition) is 6. The Kier molecular flexibility index (Phi) is 5.58. The number of nitrogens with zero attached hydrogens (tertiary/aromatic N) is 5. The Balaban J connectivity index is 1.38. The summed E-state index contributed by atoms with van der Waals surface area (Å²) in [5, 5.41) is 12.4. The second-order valence-electron chi connectivity index (χ2n) is 6.90. The smallest absolute Gasteiger partial charge is 0.247 e. The SMILES string of the molecule is Cc1cccc(N2CCN(c3nncc(NCc4ccccc4Cl)n3)CC2)c1. The molecule has 1 fully saturated rings. The number of halogens is 1. The van der Waals surface area contributed by atoms with Gasteiger partial charge in [-0.25, -0.2) is 0 Å². The van der Waals surface area contributed by atoms with Crippen molar-refractivity contribution in [1.29, 1.82) is 0 Å². The van der Waals surface area contributed by atoms with E-state index in [1.54, 1.807) is 6.20 Å². The Labute approximate surface area is 170 Å². The Morgan fingerprint density at radius 3 is 2.57 bits per heavy atom. The molecule has 6 nitrogen and oxygen atoms in total. The molecule has 1 N–H and O–H groups in total. The van der Waals surface area contributed by atoms with Crippen molar-refractivity contribution in [3.05, 3.63) is 70.9 Å². The Bertz CT molecular complexity index is 939. The number of aryl methyl sites for hydroxylation is 1. The van der Waals surface area contributed by atoms with Gasteiger partial charge in [-0.2, -0.15) is 10.1 Å². The molecule has 3 aromatic rings. The van der Waals surface area contributed by atoms with Crippen molar-refractivity contribution in [3.63, 3.8) is 0 Å². The van der Waals surface area contributed by atoms with E-state index in [-0.39, 0.29) is 0 Å². The van der Waals surface area contributed by atoms with E-state index in [1.165, 1.54) is 11.3 Å². The first-order valence-electron chi connectivity index (χ1n) is 9.42. The quantitative estimate of drug-likeness (QED) is 0.710. The van der Waals surface area contributed by atoms with Gasteiger partial charge in [-0.05, 0) is 36.2 Å². The molecule has 7 heteroatoms. The molecule has 1 aliphatic heterocycles. The van der Waals surface area contributed by atoms with Crippen LogP contribution in [0.3, 0.4) is 0 Å². The van der Waals surface area contributed by atoms with Crippen LogP contribution >= 0.6 is 11.6 Å². The second-order valence-corrected chi connectivity index (χ2v) is 7.31. The molecule has 0 unspecified atom stereocenters. The summed E-state index contributed by atoms with van der Waals surface area (Å²) in [7, 11) is 0. The van der Waals surface area contributed by atoms with Gasteiger partial charge in [-0.3, -0.25) is 0 Å². The molecule has 0 spiro atoms. The summed E-state index contributed by atoms with van der Waals surface area (Å²) in [6, 6.07) is 16.4. The van der Waals surface area contributed by atoms with E-state index in [2.05, 4.69) is 61.5 Å². The van der Waals surface area contributed by atoms with E-state index in [9.17, 15) is 0 Å². The zero-order valence-corrected chi connectivity index (χ0v) is 16.6. The molecular formula is C21H23ClN6. The van der Waals surface area contributed by atoms with Crippen molar-refractivity contribution < 1.29 is 0 Å². The van der Waals surface area contributed by atoms with E-state index >= 15 is 0 Å². The van der Waals surface area contributed by atoms with Crippen LogP contribution in [0.1, 0.15) is 11.1 Å². The van der Waals surface area contributed by atoms with Crippen molar-refractivity contribution >= 4 is 29.1 Å². The topological polar surface area (TPSA) is 57.2 Å². The van der Waals surface area contributed by atoms with E-state index in [0.717, 1.165) is 36.8 Å². The number of anilines is 3. The molecule has 0 amide bonds. The fourth-order valence-electron chi connectivity index (χ4n) is 3.33. The van der Waals surface area contributed by atoms with Crippen molar-refractivity contribution in [3.8, 4) is 0 Å². The summed E-state index contributed by atoms with van der Waals surface area (Å²) in [4.78, 5) is 9.21. The molecule has 1 saturated heterocycles. The molecule has 0 bridgehead atoms. The molecular weight excluding hydrogens is 372 g/mol. The van der Waals surface area contributed by atoms with Gasteiger partial charge in [0.05, 0.1) is 6.20 Å². The first-order chi connectivity index (χ1) is 13.7.